The number of sulfone groups is 1. The van der Waals surface area contributed by atoms with E-state index in [0.29, 0.717) is 17.1 Å². The Balaban J connectivity index is 1.90. The highest BCUT2D eigenvalue weighted by Gasteiger charge is 2.21. The number of carbonyl (C=O) groups excluding carboxylic acids is 1. The molecular formula is C19H17ClN6O3S. The van der Waals surface area contributed by atoms with E-state index in [1.807, 2.05) is 6.07 Å². The molecule has 0 radical (unpaired) electrons. The van der Waals surface area contributed by atoms with Crippen molar-refractivity contribution in [1.82, 2.24) is 25.1 Å². The molecule has 154 valence electrons. The molecule has 1 N–H and O–H groups in total. The average Bonchev–Trinajstić information content (AvgIpc) is 3.22. The van der Waals surface area contributed by atoms with E-state index in [2.05, 4.69) is 20.4 Å². The van der Waals surface area contributed by atoms with Crippen molar-refractivity contribution in [2.45, 2.75) is 24.8 Å². The number of benzene rings is 1. The molecule has 0 saturated carbocycles. The summed E-state index contributed by atoms with van der Waals surface area (Å²) in [5, 5.41) is 16.0. The van der Waals surface area contributed by atoms with Crippen molar-refractivity contribution in [2.24, 2.45) is 0 Å². The number of nitrogens with zero attached hydrogens (tertiary/aromatic N) is 5. The van der Waals surface area contributed by atoms with Gasteiger partial charge in [0.1, 0.15) is 11.8 Å². The van der Waals surface area contributed by atoms with Gasteiger partial charge in [-0.3, -0.25) is 9.78 Å². The minimum atomic E-state index is -3.53. The summed E-state index contributed by atoms with van der Waals surface area (Å²) in [5.74, 6) is -0.276. The summed E-state index contributed by atoms with van der Waals surface area (Å²) < 4.78 is 25.7. The van der Waals surface area contributed by atoms with Crippen molar-refractivity contribution in [2.75, 3.05) is 5.75 Å². The Morgan fingerprint density at radius 3 is 2.70 bits per heavy atom. The van der Waals surface area contributed by atoms with Crippen molar-refractivity contribution < 1.29 is 13.2 Å². The van der Waals surface area contributed by atoms with Gasteiger partial charge in [-0.25, -0.2) is 18.1 Å². The number of rotatable bonds is 6. The Bertz CT molecular complexity index is 1250. The summed E-state index contributed by atoms with van der Waals surface area (Å²) in [7, 11) is -3.53. The number of amides is 1. The highest BCUT2D eigenvalue weighted by molar-refractivity contribution is 7.91. The number of nitrogens with one attached hydrogen (secondary N) is 1. The molecule has 1 unspecified atom stereocenters. The van der Waals surface area contributed by atoms with Crippen LogP contribution in [0.25, 0.3) is 5.82 Å². The summed E-state index contributed by atoms with van der Waals surface area (Å²) in [6.45, 7) is 3.22. The van der Waals surface area contributed by atoms with Crippen LogP contribution < -0.4 is 5.32 Å². The van der Waals surface area contributed by atoms with Gasteiger partial charge in [-0.15, -0.1) is 0 Å². The van der Waals surface area contributed by atoms with Gasteiger partial charge in [0, 0.05) is 23.0 Å². The lowest BCUT2D eigenvalue weighted by atomic mass is 10.1. The first-order chi connectivity index (χ1) is 14.2. The third-order valence-corrected chi connectivity index (χ3v) is 6.20. The Morgan fingerprint density at radius 2 is 2.03 bits per heavy atom. The van der Waals surface area contributed by atoms with E-state index in [0.717, 1.165) is 0 Å². The maximum atomic E-state index is 12.8. The molecule has 9 nitrogen and oxygen atoms in total. The fourth-order valence-corrected chi connectivity index (χ4v) is 3.95. The molecule has 0 aliphatic rings. The highest BCUT2D eigenvalue weighted by Crippen LogP contribution is 2.22. The van der Waals surface area contributed by atoms with Gasteiger partial charge in [-0.05, 0) is 25.1 Å². The first-order valence-electron chi connectivity index (χ1n) is 8.85. The van der Waals surface area contributed by atoms with Gasteiger partial charge in [-0.2, -0.15) is 10.4 Å². The molecule has 0 bridgehead atoms. The highest BCUT2D eigenvalue weighted by atomic mass is 35.5. The first kappa shape index (κ1) is 21.4. The zero-order valence-electron chi connectivity index (χ0n) is 16.1. The molecule has 11 heteroatoms. The van der Waals surface area contributed by atoms with Gasteiger partial charge in [0.2, 0.25) is 0 Å². The van der Waals surface area contributed by atoms with Gasteiger partial charge in [-0.1, -0.05) is 18.5 Å². The predicted octanol–water partition coefficient (Wildman–Crippen LogP) is 2.47. The Kier molecular flexibility index (Phi) is 6.14. The van der Waals surface area contributed by atoms with E-state index < -0.39 is 21.8 Å². The Hall–Kier alpha value is -3.29. The molecule has 1 aromatic carbocycles. The van der Waals surface area contributed by atoms with Crippen molar-refractivity contribution in [3.63, 3.8) is 0 Å². The van der Waals surface area contributed by atoms with Crippen LogP contribution in [0.5, 0.6) is 0 Å². The van der Waals surface area contributed by atoms with Crippen LogP contribution >= 0.6 is 11.6 Å². The van der Waals surface area contributed by atoms with Crippen LogP contribution in [0.15, 0.2) is 47.9 Å². The Labute approximate surface area is 178 Å². The lowest BCUT2D eigenvalue weighted by molar-refractivity contribution is 0.0939. The quantitative estimate of drug-likeness (QED) is 0.617. The van der Waals surface area contributed by atoms with E-state index in [4.69, 9.17) is 16.9 Å². The number of hydrogen-bond acceptors (Lipinski definition) is 7. The van der Waals surface area contributed by atoms with Crippen molar-refractivity contribution in [3.05, 3.63) is 64.8 Å². The summed E-state index contributed by atoms with van der Waals surface area (Å²) in [4.78, 5) is 21.3. The Morgan fingerprint density at radius 1 is 1.30 bits per heavy atom. The molecule has 0 spiro atoms. The van der Waals surface area contributed by atoms with Crippen LogP contribution in [-0.4, -0.2) is 39.8 Å². The second-order valence-corrected chi connectivity index (χ2v) is 9.04. The molecule has 0 fully saturated rings. The van der Waals surface area contributed by atoms with Gasteiger partial charge >= 0.3 is 0 Å². The fraction of sp³-hybridized carbons (Fsp3) is 0.211. The molecule has 30 heavy (non-hydrogen) atoms. The van der Waals surface area contributed by atoms with Crippen LogP contribution in [-0.2, 0) is 9.84 Å². The van der Waals surface area contributed by atoms with Crippen molar-refractivity contribution in [1.29, 1.82) is 5.26 Å². The summed E-state index contributed by atoms with van der Waals surface area (Å²) in [6.07, 6.45) is 5.84. The zero-order valence-corrected chi connectivity index (χ0v) is 17.6. The second-order valence-electron chi connectivity index (χ2n) is 6.32. The minimum absolute atomic E-state index is 0.0175. The molecule has 0 saturated heterocycles. The molecule has 0 aliphatic carbocycles. The molecule has 3 aromatic rings. The lowest BCUT2D eigenvalue weighted by Crippen LogP contribution is -2.28. The third-order valence-electron chi connectivity index (χ3n) is 4.27. The molecule has 0 aliphatic heterocycles. The van der Waals surface area contributed by atoms with Crippen LogP contribution in [0.1, 0.15) is 41.5 Å². The summed E-state index contributed by atoms with van der Waals surface area (Å²) >= 11 is 6.03. The first-order valence-corrected chi connectivity index (χ1v) is 10.9. The normalized spacial score (nSPS) is 12.2. The molecule has 1 atom stereocenters. The average molecular weight is 445 g/mol. The number of halogens is 1. The van der Waals surface area contributed by atoms with Gasteiger partial charge in [0.25, 0.3) is 5.91 Å². The van der Waals surface area contributed by atoms with Crippen LogP contribution in [0.3, 0.4) is 0 Å². The van der Waals surface area contributed by atoms with Crippen LogP contribution in [0.2, 0.25) is 5.02 Å². The maximum Gasteiger partial charge on any atom is 0.251 e. The topological polar surface area (TPSA) is 131 Å². The van der Waals surface area contributed by atoms with Crippen LogP contribution in [0.4, 0.5) is 0 Å². The largest absolute Gasteiger partial charge is 0.344 e. The van der Waals surface area contributed by atoms with Crippen molar-refractivity contribution >= 4 is 27.3 Å². The summed E-state index contributed by atoms with van der Waals surface area (Å²) in [5.41, 5.74) is 0.881. The lowest BCUT2D eigenvalue weighted by Gasteiger charge is -2.16. The van der Waals surface area contributed by atoms with E-state index in [1.54, 1.807) is 6.92 Å². The third kappa shape index (κ3) is 4.48. The fourth-order valence-electron chi connectivity index (χ4n) is 2.71. The predicted molar refractivity (Wildman–Crippen MR) is 109 cm³/mol. The number of hydrogen-bond donors (Lipinski definition) is 1. The minimum Gasteiger partial charge on any atom is -0.344 e. The van der Waals surface area contributed by atoms with Crippen LogP contribution in [0, 0.1) is 11.3 Å². The van der Waals surface area contributed by atoms with E-state index in [9.17, 15) is 13.2 Å². The summed E-state index contributed by atoms with van der Waals surface area (Å²) in [6, 6.07) is 5.38. The monoisotopic (exact) mass is 444 g/mol. The zero-order chi connectivity index (χ0) is 21.9. The standard InChI is InChI=1S/C19H17ClN6O3S/c1-3-30(28,29)16-7-14(6-15(20)8-16)19(27)25-12(2)17-18(23-5-4-22-17)26-11-13(9-21)10-24-26/h4-8,10-12H,3H2,1-2H3,(H,25,27). The number of carbonyl (C=O) groups is 1. The molecule has 1 amide bonds. The van der Waals surface area contributed by atoms with Gasteiger partial charge in [0.05, 0.1) is 34.6 Å². The SMILES string of the molecule is CCS(=O)(=O)c1cc(Cl)cc(C(=O)NC(C)c2nccnc2-n2cc(C#N)cn2)c1. The molecular weight excluding hydrogens is 428 g/mol. The smallest absolute Gasteiger partial charge is 0.251 e. The van der Waals surface area contributed by atoms with Gasteiger partial charge < -0.3 is 5.32 Å². The van der Waals surface area contributed by atoms with Gasteiger partial charge in [0.15, 0.2) is 15.7 Å². The molecule has 3 rings (SSSR count). The van der Waals surface area contributed by atoms with E-state index in [1.165, 1.54) is 54.6 Å². The maximum absolute atomic E-state index is 12.8. The number of aromatic nitrogens is 4. The van der Waals surface area contributed by atoms with E-state index >= 15 is 0 Å². The molecule has 2 aromatic heterocycles. The molecule has 2 heterocycles. The number of nitriles is 1. The van der Waals surface area contributed by atoms with Crippen molar-refractivity contribution in [3.8, 4) is 11.9 Å². The second kappa shape index (κ2) is 8.61. The van der Waals surface area contributed by atoms with E-state index in [-0.39, 0.29) is 21.2 Å².